The molecule has 2 aromatic carbocycles. The van der Waals surface area contributed by atoms with E-state index in [9.17, 15) is 4.91 Å². The van der Waals surface area contributed by atoms with Gasteiger partial charge in [0.05, 0.1) is 16.6 Å². The predicted octanol–water partition coefficient (Wildman–Crippen LogP) is 4.20. The van der Waals surface area contributed by atoms with Crippen molar-refractivity contribution in [3.8, 4) is 0 Å². The molecule has 0 amide bonds. The van der Waals surface area contributed by atoms with Crippen LogP contribution in [0.1, 0.15) is 24.4 Å². The smallest absolute Gasteiger partial charge is 0.231 e. The van der Waals surface area contributed by atoms with Gasteiger partial charge in [-0.05, 0) is 37.6 Å². The minimum absolute atomic E-state index is 0.266. The lowest BCUT2D eigenvalue weighted by molar-refractivity contribution is 0.410. The van der Waals surface area contributed by atoms with Gasteiger partial charge in [-0.25, -0.2) is 9.98 Å². The Hall–Kier alpha value is -2.82. The van der Waals surface area contributed by atoms with Gasteiger partial charge in [0.25, 0.3) is 0 Å². The van der Waals surface area contributed by atoms with Gasteiger partial charge in [0.1, 0.15) is 0 Å². The van der Waals surface area contributed by atoms with Crippen molar-refractivity contribution in [1.82, 2.24) is 4.98 Å². The van der Waals surface area contributed by atoms with E-state index in [0.717, 1.165) is 22.2 Å². The first-order valence-corrected chi connectivity index (χ1v) is 7.01. The molecule has 22 heavy (non-hydrogen) atoms. The zero-order valence-electron chi connectivity index (χ0n) is 12.4. The van der Waals surface area contributed by atoms with Crippen molar-refractivity contribution in [2.45, 2.75) is 19.9 Å². The van der Waals surface area contributed by atoms with Crippen LogP contribution in [0.2, 0.25) is 0 Å². The van der Waals surface area contributed by atoms with E-state index in [1.54, 1.807) is 6.92 Å². The van der Waals surface area contributed by atoms with E-state index < -0.39 is 6.04 Å². The second kappa shape index (κ2) is 5.89. The molecule has 1 atom stereocenters. The molecule has 110 valence electrons. The first kappa shape index (κ1) is 14.1. The SMILES string of the molecule is Cc1cccc2nc([C@H](C)N=O)oc(=Nc3ccccc3)c12. The summed E-state index contributed by atoms with van der Waals surface area (Å²) in [6.07, 6.45) is 0. The highest BCUT2D eigenvalue weighted by atomic mass is 16.4. The lowest BCUT2D eigenvalue weighted by atomic mass is 10.1. The van der Waals surface area contributed by atoms with Crippen molar-refractivity contribution in [3.05, 3.63) is 70.4 Å². The van der Waals surface area contributed by atoms with Gasteiger partial charge in [0.15, 0.2) is 6.04 Å². The molecule has 0 fully saturated rings. The lowest BCUT2D eigenvalue weighted by Crippen LogP contribution is -2.09. The lowest BCUT2D eigenvalue weighted by Gasteiger charge is -2.06. The summed E-state index contributed by atoms with van der Waals surface area (Å²) in [7, 11) is 0. The quantitative estimate of drug-likeness (QED) is 0.680. The molecule has 3 aromatic rings. The van der Waals surface area contributed by atoms with E-state index in [4.69, 9.17) is 4.42 Å². The number of rotatable bonds is 3. The Bertz CT molecular complexity index is 885. The van der Waals surface area contributed by atoms with Crippen LogP contribution in [0.3, 0.4) is 0 Å². The predicted molar refractivity (Wildman–Crippen MR) is 84.6 cm³/mol. The third-order valence-corrected chi connectivity index (χ3v) is 3.40. The maximum atomic E-state index is 10.8. The van der Waals surface area contributed by atoms with E-state index in [0.29, 0.717) is 5.55 Å². The number of nitrogens with zero attached hydrogens (tertiary/aromatic N) is 3. The van der Waals surface area contributed by atoms with Crippen molar-refractivity contribution in [1.29, 1.82) is 0 Å². The number of benzene rings is 2. The minimum Gasteiger partial charge on any atom is -0.421 e. The number of nitroso groups, excluding NO2 is 1. The Labute approximate surface area is 127 Å². The molecule has 0 aliphatic heterocycles. The molecule has 0 unspecified atom stereocenters. The number of hydrogen-bond donors (Lipinski definition) is 0. The van der Waals surface area contributed by atoms with Gasteiger partial charge < -0.3 is 4.42 Å². The third kappa shape index (κ3) is 2.65. The van der Waals surface area contributed by atoms with Crippen molar-refractivity contribution in [2.75, 3.05) is 0 Å². The van der Waals surface area contributed by atoms with Gasteiger partial charge in [-0.15, -0.1) is 4.91 Å². The Morgan fingerprint density at radius 3 is 2.59 bits per heavy atom. The van der Waals surface area contributed by atoms with Crippen LogP contribution < -0.4 is 5.55 Å². The standard InChI is InChI=1S/C17H15N3O2/c1-11-7-6-10-14-15(11)17(18-13-8-4-3-5-9-13)22-16(19-14)12(2)20-21/h3-10,12H,1-2H3/t12-/m0/s1. The zero-order valence-corrected chi connectivity index (χ0v) is 12.4. The Morgan fingerprint density at radius 1 is 1.09 bits per heavy atom. The summed E-state index contributed by atoms with van der Waals surface area (Å²) >= 11 is 0. The molecule has 3 rings (SSSR count). The summed E-state index contributed by atoms with van der Waals surface area (Å²) in [5.74, 6) is 0.266. The zero-order chi connectivity index (χ0) is 15.5. The Kier molecular flexibility index (Phi) is 3.78. The fraction of sp³-hybridized carbons (Fsp3) is 0.176. The molecule has 0 saturated heterocycles. The monoisotopic (exact) mass is 293 g/mol. The van der Waals surface area contributed by atoms with Gasteiger partial charge in [0.2, 0.25) is 11.4 Å². The fourth-order valence-corrected chi connectivity index (χ4v) is 2.24. The van der Waals surface area contributed by atoms with E-state index >= 15 is 0 Å². The second-order valence-corrected chi connectivity index (χ2v) is 5.06. The van der Waals surface area contributed by atoms with Gasteiger partial charge in [-0.2, -0.15) is 0 Å². The minimum atomic E-state index is -0.658. The fourth-order valence-electron chi connectivity index (χ4n) is 2.24. The van der Waals surface area contributed by atoms with Gasteiger partial charge in [0, 0.05) is 0 Å². The number of para-hydroxylation sites is 1. The van der Waals surface area contributed by atoms with Crippen molar-refractivity contribution < 1.29 is 4.42 Å². The third-order valence-electron chi connectivity index (χ3n) is 3.40. The molecule has 0 spiro atoms. The average molecular weight is 293 g/mol. The number of hydrogen-bond acceptors (Lipinski definition) is 5. The topological polar surface area (TPSA) is 67.8 Å². The van der Waals surface area contributed by atoms with Crippen LogP contribution in [0.15, 0.2) is 63.1 Å². The van der Waals surface area contributed by atoms with Gasteiger partial charge in [-0.1, -0.05) is 35.5 Å². The van der Waals surface area contributed by atoms with Gasteiger partial charge in [-0.3, -0.25) is 0 Å². The maximum absolute atomic E-state index is 10.8. The van der Waals surface area contributed by atoms with Crippen molar-refractivity contribution >= 4 is 16.6 Å². The summed E-state index contributed by atoms with van der Waals surface area (Å²) in [4.78, 5) is 19.7. The molecule has 0 saturated carbocycles. The molecular weight excluding hydrogens is 278 g/mol. The van der Waals surface area contributed by atoms with Crippen LogP contribution in [-0.4, -0.2) is 4.98 Å². The van der Waals surface area contributed by atoms with Crippen LogP contribution >= 0.6 is 0 Å². The average Bonchev–Trinajstić information content (AvgIpc) is 2.55. The molecular formula is C17H15N3O2. The Morgan fingerprint density at radius 2 is 1.86 bits per heavy atom. The molecule has 0 radical (unpaired) electrons. The second-order valence-electron chi connectivity index (χ2n) is 5.06. The maximum Gasteiger partial charge on any atom is 0.231 e. The summed E-state index contributed by atoms with van der Waals surface area (Å²) in [5.41, 5.74) is 2.98. The van der Waals surface area contributed by atoms with Crippen LogP contribution in [-0.2, 0) is 0 Å². The largest absolute Gasteiger partial charge is 0.421 e. The highest BCUT2D eigenvalue weighted by Crippen LogP contribution is 2.19. The molecule has 0 N–H and O–H groups in total. The van der Waals surface area contributed by atoms with E-state index in [-0.39, 0.29) is 5.89 Å². The van der Waals surface area contributed by atoms with E-state index in [1.165, 1.54) is 0 Å². The van der Waals surface area contributed by atoms with Crippen LogP contribution in [0.4, 0.5) is 5.69 Å². The molecule has 1 aromatic heterocycles. The molecule has 0 aliphatic carbocycles. The molecule has 0 bridgehead atoms. The van der Waals surface area contributed by atoms with Crippen molar-refractivity contribution in [2.24, 2.45) is 10.2 Å². The first-order chi connectivity index (χ1) is 10.7. The molecule has 5 nitrogen and oxygen atoms in total. The van der Waals surface area contributed by atoms with E-state index in [2.05, 4.69) is 15.2 Å². The molecule has 0 aliphatic rings. The number of aromatic nitrogens is 1. The number of aryl methyl sites for hydroxylation is 1. The Balaban J connectivity index is 2.35. The van der Waals surface area contributed by atoms with Crippen LogP contribution in [0, 0.1) is 11.8 Å². The summed E-state index contributed by atoms with van der Waals surface area (Å²) in [6.45, 7) is 3.62. The molecule has 1 heterocycles. The first-order valence-electron chi connectivity index (χ1n) is 7.01. The highest BCUT2D eigenvalue weighted by molar-refractivity contribution is 5.80. The van der Waals surface area contributed by atoms with Gasteiger partial charge >= 0.3 is 0 Å². The summed E-state index contributed by atoms with van der Waals surface area (Å²) in [6, 6.07) is 14.6. The highest BCUT2D eigenvalue weighted by Gasteiger charge is 2.13. The van der Waals surface area contributed by atoms with Crippen molar-refractivity contribution in [3.63, 3.8) is 0 Å². The molecule has 5 heteroatoms. The van der Waals surface area contributed by atoms with Crippen LogP contribution in [0.5, 0.6) is 0 Å². The normalized spacial score (nSPS) is 13.3. The summed E-state index contributed by atoms with van der Waals surface area (Å²) < 4.78 is 5.76. The van der Waals surface area contributed by atoms with E-state index in [1.807, 2.05) is 55.5 Å². The number of fused-ring (bicyclic) bond motifs is 1. The summed E-state index contributed by atoms with van der Waals surface area (Å²) in [5, 5.41) is 3.83. The van der Waals surface area contributed by atoms with Crippen LogP contribution in [0.25, 0.3) is 10.9 Å².